The fraction of sp³-hybridized carbons (Fsp3) is 0.458. The summed E-state index contributed by atoms with van der Waals surface area (Å²) in [7, 11) is -3.44. The number of alkyl halides is 2. The normalized spacial score (nSPS) is 20.8. The van der Waals surface area contributed by atoms with Crippen LogP contribution < -0.4 is 10.5 Å². The standard InChI is InChI=1S/C24H28F2N4O2S/c25-24(26)11-12-30(15-24)14-16-7-9-19(10-8-16)33(27,32)29-23(31)28-22-20-5-1-3-17(20)13-18-4-2-6-21(18)22/h7-10,13H,1-6,11-12,14-15H2,(H3,27,28,29,31,32)/t33-/m1/s1. The summed E-state index contributed by atoms with van der Waals surface area (Å²) in [4.78, 5) is 14.7. The maximum atomic E-state index is 13.4. The maximum absolute atomic E-state index is 13.4. The molecule has 9 heteroatoms. The number of aryl methyl sites for hydroxylation is 2. The lowest BCUT2D eigenvalue weighted by Gasteiger charge is -2.16. The Kier molecular flexibility index (Phi) is 5.74. The van der Waals surface area contributed by atoms with Crippen molar-refractivity contribution in [2.75, 3.05) is 18.4 Å². The Bertz CT molecular complexity index is 1190. The van der Waals surface area contributed by atoms with Crippen LogP contribution in [-0.4, -0.2) is 34.2 Å². The first kappa shape index (κ1) is 22.4. The first-order valence-electron chi connectivity index (χ1n) is 11.4. The predicted octanol–water partition coefficient (Wildman–Crippen LogP) is 4.44. The average molecular weight is 475 g/mol. The molecule has 0 aromatic heterocycles. The highest BCUT2D eigenvalue weighted by Crippen LogP contribution is 2.38. The van der Waals surface area contributed by atoms with Gasteiger partial charge in [-0.3, -0.25) is 4.90 Å². The van der Waals surface area contributed by atoms with Crippen molar-refractivity contribution in [3.05, 3.63) is 58.1 Å². The van der Waals surface area contributed by atoms with E-state index in [2.05, 4.69) is 15.7 Å². The molecule has 1 saturated heterocycles. The SMILES string of the molecule is N[S@@](=O)(=NC(=O)Nc1c2c(cc3c1CCC3)CCC2)c1ccc(CN2CCC(F)(F)C2)cc1. The molecule has 6 nitrogen and oxygen atoms in total. The number of rotatable bonds is 4. The summed E-state index contributed by atoms with van der Waals surface area (Å²) in [6.07, 6.45) is 5.85. The molecule has 3 aliphatic rings. The first-order chi connectivity index (χ1) is 15.7. The second kappa shape index (κ2) is 8.45. The second-order valence-electron chi connectivity index (χ2n) is 9.28. The van der Waals surface area contributed by atoms with Gasteiger partial charge in [-0.15, -0.1) is 4.36 Å². The predicted molar refractivity (Wildman–Crippen MR) is 124 cm³/mol. The van der Waals surface area contributed by atoms with E-state index in [1.54, 1.807) is 29.2 Å². The molecule has 1 heterocycles. The van der Waals surface area contributed by atoms with Gasteiger partial charge in [-0.1, -0.05) is 18.2 Å². The second-order valence-corrected chi connectivity index (χ2v) is 11.1. The van der Waals surface area contributed by atoms with Crippen LogP contribution in [-0.2, 0) is 42.1 Å². The first-order valence-corrected chi connectivity index (χ1v) is 13.0. The zero-order valence-corrected chi connectivity index (χ0v) is 19.2. The van der Waals surface area contributed by atoms with Crippen LogP contribution in [0, 0.1) is 0 Å². The summed E-state index contributed by atoms with van der Waals surface area (Å²) in [5, 5.41) is 8.85. The Morgan fingerprint density at radius 3 is 2.30 bits per heavy atom. The Hall–Kier alpha value is -2.36. The molecule has 1 fully saturated rings. The zero-order chi connectivity index (χ0) is 23.2. The smallest absolute Gasteiger partial charge is 0.305 e. The summed E-state index contributed by atoms with van der Waals surface area (Å²) < 4.78 is 43.7. The van der Waals surface area contributed by atoms with Crippen molar-refractivity contribution in [2.24, 2.45) is 9.50 Å². The number of hydrogen-bond donors (Lipinski definition) is 2. The van der Waals surface area contributed by atoms with E-state index in [-0.39, 0.29) is 17.9 Å². The van der Waals surface area contributed by atoms with E-state index < -0.39 is 21.9 Å². The Balaban J connectivity index is 1.32. The minimum Gasteiger partial charge on any atom is -0.305 e. The Morgan fingerprint density at radius 1 is 1.09 bits per heavy atom. The zero-order valence-electron chi connectivity index (χ0n) is 18.4. The minimum absolute atomic E-state index is 0.135. The molecule has 33 heavy (non-hydrogen) atoms. The van der Waals surface area contributed by atoms with Gasteiger partial charge in [0.25, 0.3) is 5.92 Å². The number of halogens is 2. The fourth-order valence-electron chi connectivity index (χ4n) is 5.26. The third kappa shape index (κ3) is 4.67. The number of likely N-dealkylation sites (tertiary alicyclic amines) is 1. The summed E-state index contributed by atoms with van der Waals surface area (Å²) in [5.74, 6) is -2.64. The molecule has 0 radical (unpaired) electrons. The molecule has 2 amide bonds. The van der Waals surface area contributed by atoms with E-state index >= 15 is 0 Å². The molecule has 0 unspecified atom stereocenters. The van der Waals surface area contributed by atoms with Gasteiger partial charge in [0.2, 0.25) is 0 Å². The van der Waals surface area contributed by atoms with E-state index in [9.17, 15) is 17.8 Å². The largest absolute Gasteiger partial charge is 0.354 e. The lowest BCUT2D eigenvalue weighted by atomic mass is 9.99. The van der Waals surface area contributed by atoms with E-state index in [4.69, 9.17) is 5.14 Å². The highest BCUT2D eigenvalue weighted by Gasteiger charge is 2.37. The quantitative estimate of drug-likeness (QED) is 0.687. The van der Waals surface area contributed by atoms with Gasteiger partial charge >= 0.3 is 6.03 Å². The lowest BCUT2D eigenvalue weighted by molar-refractivity contribution is 0.0115. The molecular formula is C24H28F2N4O2S. The van der Waals surface area contributed by atoms with Crippen molar-refractivity contribution in [1.82, 2.24) is 4.90 Å². The minimum atomic E-state index is -3.44. The maximum Gasteiger partial charge on any atom is 0.354 e. The molecule has 2 aliphatic carbocycles. The van der Waals surface area contributed by atoms with Crippen LogP contribution >= 0.6 is 0 Å². The summed E-state index contributed by atoms with van der Waals surface area (Å²) in [5.41, 5.74) is 6.54. The number of nitrogens with two attached hydrogens (primary N) is 1. The Labute approximate surface area is 192 Å². The van der Waals surface area contributed by atoms with Gasteiger partial charge in [0.15, 0.2) is 0 Å². The van der Waals surface area contributed by atoms with Crippen molar-refractivity contribution in [2.45, 2.75) is 62.3 Å². The summed E-state index contributed by atoms with van der Waals surface area (Å²) in [6.45, 7) is 0.457. The third-order valence-electron chi connectivity index (χ3n) is 6.84. The number of nitrogens with zero attached hydrogens (tertiary/aromatic N) is 2. The molecule has 2 aromatic carbocycles. The van der Waals surface area contributed by atoms with E-state index in [1.165, 1.54) is 22.3 Å². The van der Waals surface area contributed by atoms with Crippen molar-refractivity contribution in [1.29, 1.82) is 0 Å². The highest BCUT2D eigenvalue weighted by atomic mass is 32.2. The van der Waals surface area contributed by atoms with Gasteiger partial charge in [0.05, 0.1) is 11.4 Å². The number of urea groups is 1. The van der Waals surface area contributed by atoms with Crippen molar-refractivity contribution >= 4 is 21.6 Å². The number of amides is 2. The van der Waals surface area contributed by atoms with E-state index in [0.29, 0.717) is 13.1 Å². The topological polar surface area (TPSA) is 87.8 Å². The van der Waals surface area contributed by atoms with E-state index in [1.807, 2.05) is 0 Å². The monoisotopic (exact) mass is 474 g/mol. The molecule has 2 aromatic rings. The van der Waals surface area contributed by atoms with Gasteiger partial charge in [-0.25, -0.2) is 22.9 Å². The van der Waals surface area contributed by atoms with Gasteiger partial charge in [0, 0.05) is 25.2 Å². The van der Waals surface area contributed by atoms with Crippen LogP contribution in [0.15, 0.2) is 39.6 Å². The molecule has 1 atom stereocenters. The van der Waals surface area contributed by atoms with Gasteiger partial charge < -0.3 is 5.32 Å². The molecule has 3 N–H and O–H groups in total. The molecule has 0 spiro atoms. The van der Waals surface area contributed by atoms with Gasteiger partial charge in [-0.05, 0) is 78.5 Å². The number of nitrogens with one attached hydrogen (secondary N) is 1. The average Bonchev–Trinajstić information content (AvgIpc) is 3.47. The van der Waals surface area contributed by atoms with Crippen LogP contribution in [0.4, 0.5) is 19.3 Å². The van der Waals surface area contributed by atoms with Crippen LogP contribution in [0.3, 0.4) is 0 Å². The molecule has 176 valence electrons. The van der Waals surface area contributed by atoms with Crippen LogP contribution in [0.25, 0.3) is 0 Å². The number of carbonyl (C=O) groups is 1. The molecule has 5 rings (SSSR count). The number of carbonyl (C=O) groups excluding carboxylic acids is 1. The van der Waals surface area contributed by atoms with Gasteiger partial charge in [-0.2, -0.15) is 0 Å². The molecule has 0 saturated carbocycles. The summed E-state index contributed by atoms with van der Waals surface area (Å²) in [6, 6.07) is 8.07. The van der Waals surface area contributed by atoms with Crippen molar-refractivity contribution in [3.8, 4) is 0 Å². The number of fused-ring (bicyclic) bond motifs is 2. The van der Waals surface area contributed by atoms with Gasteiger partial charge in [0.1, 0.15) is 9.92 Å². The van der Waals surface area contributed by atoms with Crippen LogP contribution in [0.5, 0.6) is 0 Å². The number of benzene rings is 2. The van der Waals surface area contributed by atoms with Crippen LogP contribution in [0.1, 0.15) is 47.1 Å². The summed E-state index contributed by atoms with van der Waals surface area (Å²) >= 11 is 0. The van der Waals surface area contributed by atoms with Crippen LogP contribution in [0.2, 0.25) is 0 Å². The molecular weight excluding hydrogens is 446 g/mol. The number of anilines is 1. The molecule has 0 bridgehead atoms. The van der Waals surface area contributed by atoms with Crippen molar-refractivity contribution < 1.29 is 17.8 Å². The lowest BCUT2D eigenvalue weighted by Crippen LogP contribution is -2.24. The molecule has 1 aliphatic heterocycles. The number of hydrogen-bond acceptors (Lipinski definition) is 3. The fourth-order valence-corrected chi connectivity index (χ4v) is 6.19. The highest BCUT2D eigenvalue weighted by molar-refractivity contribution is 7.91. The Morgan fingerprint density at radius 2 is 1.73 bits per heavy atom. The van der Waals surface area contributed by atoms with E-state index in [0.717, 1.165) is 49.8 Å². The third-order valence-corrected chi connectivity index (χ3v) is 8.22. The van der Waals surface area contributed by atoms with Crippen molar-refractivity contribution in [3.63, 3.8) is 0 Å².